The molecule has 16 heavy (non-hydrogen) atoms. The molecule has 3 heterocycles. The molecule has 0 aliphatic rings. The summed E-state index contributed by atoms with van der Waals surface area (Å²) in [6.45, 7) is 1.97. The number of pyridine rings is 1. The lowest BCUT2D eigenvalue weighted by atomic mass is 10.1. The summed E-state index contributed by atoms with van der Waals surface area (Å²) >= 11 is 0. The number of aromatic nitrogens is 5. The maximum Gasteiger partial charge on any atom is 0.0846 e. The van der Waals surface area contributed by atoms with Crippen molar-refractivity contribution in [2.75, 3.05) is 0 Å². The Balaban J connectivity index is 2.34. The molecule has 1 N–H and O–H groups in total. The topological polar surface area (TPSA) is 59.4 Å². The maximum absolute atomic E-state index is 4.41. The number of hydrogen-bond acceptors (Lipinski definition) is 3. The molecule has 0 amide bonds. The van der Waals surface area contributed by atoms with Gasteiger partial charge in [0.1, 0.15) is 0 Å². The van der Waals surface area contributed by atoms with Crippen LogP contribution in [0, 0.1) is 6.92 Å². The van der Waals surface area contributed by atoms with Crippen LogP contribution >= 0.6 is 0 Å². The highest BCUT2D eigenvalue weighted by atomic mass is 15.2. The van der Waals surface area contributed by atoms with E-state index in [2.05, 4.69) is 20.3 Å². The van der Waals surface area contributed by atoms with Crippen molar-refractivity contribution in [2.45, 2.75) is 6.92 Å². The standard InChI is InChI=1S/C11H11N5/c1-7-10-9(15-14-7)3-4-12-11(10)8-5-13-16(2)6-8/h3-6H,1-2H3,(H,14,15). The van der Waals surface area contributed by atoms with Gasteiger partial charge in [-0.2, -0.15) is 10.2 Å². The highest BCUT2D eigenvalue weighted by Crippen LogP contribution is 2.26. The number of hydrogen-bond donors (Lipinski definition) is 1. The first kappa shape index (κ1) is 9.08. The normalized spacial score (nSPS) is 11.1. The fourth-order valence-corrected chi connectivity index (χ4v) is 1.88. The first-order valence-electron chi connectivity index (χ1n) is 5.04. The molecule has 0 atom stereocenters. The van der Waals surface area contributed by atoms with Crippen molar-refractivity contribution in [3.05, 3.63) is 30.4 Å². The van der Waals surface area contributed by atoms with Gasteiger partial charge in [-0.05, 0) is 13.0 Å². The number of aromatic amines is 1. The van der Waals surface area contributed by atoms with Gasteiger partial charge in [-0.15, -0.1) is 0 Å². The van der Waals surface area contributed by atoms with E-state index < -0.39 is 0 Å². The van der Waals surface area contributed by atoms with Crippen LogP contribution in [-0.4, -0.2) is 25.0 Å². The van der Waals surface area contributed by atoms with Gasteiger partial charge in [-0.1, -0.05) is 0 Å². The Kier molecular flexibility index (Phi) is 1.80. The lowest BCUT2D eigenvalue weighted by molar-refractivity contribution is 0.768. The van der Waals surface area contributed by atoms with E-state index in [0.29, 0.717) is 0 Å². The lowest BCUT2D eigenvalue weighted by Crippen LogP contribution is -1.85. The van der Waals surface area contributed by atoms with Crippen LogP contribution in [-0.2, 0) is 7.05 Å². The van der Waals surface area contributed by atoms with Gasteiger partial charge >= 0.3 is 0 Å². The second-order valence-electron chi connectivity index (χ2n) is 3.79. The zero-order chi connectivity index (χ0) is 11.1. The van der Waals surface area contributed by atoms with Gasteiger partial charge in [-0.25, -0.2) is 0 Å². The van der Waals surface area contributed by atoms with Crippen LogP contribution in [0.1, 0.15) is 5.69 Å². The summed E-state index contributed by atoms with van der Waals surface area (Å²) < 4.78 is 1.77. The molecule has 3 aromatic heterocycles. The van der Waals surface area contributed by atoms with Gasteiger partial charge in [0, 0.05) is 30.4 Å². The maximum atomic E-state index is 4.41. The average Bonchev–Trinajstić information content (AvgIpc) is 2.86. The fourth-order valence-electron chi connectivity index (χ4n) is 1.88. The van der Waals surface area contributed by atoms with E-state index in [1.807, 2.05) is 32.4 Å². The van der Waals surface area contributed by atoms with Gasteiger partial charge < -0.3 is 0 Å². The number of H-pyrrole nitrogens is 1. The molecule has 5 nitrogen and oxygen atoms in total. The van der Waals surface area contributed by atoms with Crippen molar-refractivity contribution >= 4 is 10.9 Å². The van der Waals surface area contributed by atoms with Gasteiger partial charge in [0.2, 0.25) is 0 Å². The summed E-state index contributed by atoms with van der Waals surface area (Å²) in [5, 5.41) is 12.4. The van der Waals surface area contributed by atoms with E-state index >= 15 is 0 Å². The zero-order valence-electron chi connectivity index (χ0n) is 9.10. The minimum absolute atomic E-state index is 0.928. The predicted octanol–water partition coefficient (Wildman–Crippen LogP) is 1.67. The van der Waals surface area contributed by atoms with E-state index in [1.165, 1.54) is 0 Å². The third-order valence-corrected chi connectivity index (χ3v) is 2.64. The van der Waals surface area contributed by atoms with Crippen LogP contribution in [0.4, 0.5) is 0 Å². The molecule has 0 spiro atoms. The van der Waals surface area contributed by atoms with Gasteiger partial charge in [0.05, 0.1) is 23.1 Å². The third kappa shape index (κ3) is 1.21. The molecule has 0 aromatic carbocycles. The van der Waals surface area contributed by atoms with Gasteiger partial charge in [-0.3, -0.25) is 14.8 Å². The number of nitrogens with one attached hydrogen (secondary N) is 1. The summed E-state index contributed by atoms with van der Waals surface area (Å²) in [6.07, 6.45) is 5.55. The van der Waals surface area contributed by atoms with Crippen molar-refractivity contribution in [2.24, 2.45) is 7.05 Å². The molecule has 0 aliphatic carbocycles. The summed E-state index contributed by atoms with van der Waals surface area (Å²) in [4.78, 5) is 4.41. The first-order chi connectivity index (χ1) is 7.75. The van der Waals surface area contributed by atoms with Crippen molar-refractivity contribution in [1.82, 2.24) is 25.0 Å². The van der Waals surface area contributed by atoms with Crippen molar-refractivity contribution in [3.8, 4) is 11.3 Å². The van der Waals surface area contributed by atoms with Gasteiger partial charge in [0.25, 0.3) is 0 Å². The average molecular weight is 213 g/mol. The van der Waals surface area contributed by atoms with Crippen LogP contribution in [0.15, 0.2) is 24.7 Å². The summed E-state index contributed by atoms with van der Waals surface area (Å²) in [5.74, 6) is 0. The largest absolute Gasteiger partial charge is 0.277 e. The zero-order valence-corrected chi connectivity index (χ0v) is 9.10. The predicted molar refractivity (Wildman–Crippen MR) is 60.8 cm³/mol. The van der Waals surface area contributed by atoms with Crippen LogP contribution in [0.5, 0.6) is 0 Å². The second kappa shape index (κ2) is 3.16. The summed E-state index contributed by atoms with van der Waals surface area (Å²) in [7, 11) is 1.89. The lowest BCUT2D eigenvalue weighted by Gasteiger charge is -1.98. The van der Waals surface area contributed by atoms with Crippen molar-refractivity contribution in [1.29, 1.82) is 0 Å². The molecule has 3 rings (SSSR count). The number of fused-ring (bicyclic) bond motifs is 1. The fraction of sp³-hybridized carbons (Fsp3) is 0.182. The van der Waals surface area contributed by atoms with E-state index in [1.54, 1.807) is 10.9 Å². The Bertz CT molecular complexity index is 649. The molecule has 0 bridgehead atoms. The van der Waals surface area contributed by atoms with E-state index in [9.17, 15) is 0 Å². The molecule has 0 radical (unpaired) electrons. The molecule has 80 valence electrons. The Labute approximate surface area is 92.1 Å². The Morgan fingerprint density at radius 3 is 3.00 bits per heavy atom. The SMILES string of the molecule is Cc1n[nH]c2ccnc(-c3cnn(C)c3)c12. The minimum atomic E-state index is 0.928. The Morgan fingerprint density at radius 1 is 1.38 bits per heavy atom. The Morgan fingerprint density at radius 2 is 2.25 bits per heavy atom. The monoisotopic (exact) mass is 213 g/mol. The summed E-state index contributed by atoms with van der Waals surface area (Å²) in [6, 6.07) is 1.93. The van der Waals surface area contributed by atoms with Crippen LogP contribution in [0.2, 0.25) is 0 Å². The Hall–Kier alpha value is -2.17. The molecule has 5 heteroatoms. The molecule has 0 saturated heterocycles. The molecule has 0 aliphatic heterocycles. The second-order valence-corrected chi connectivity index (χ2v) is 3.79. The van der Waals surface area contributed by atoms with Crippen molar-refractivity contribution < 1.29 is 0 Å². The smallest absolute Gasteiger partial charge is 0.0846 e. The minimum Gasteiger partial charge on any atom is -0.277 e. The summed E-state index contributed by atoms with van der Waals surface area (Å²) in [5.41, 5.74) is 3.91. The van der Waals surface area contributed by atoms with Gasteiger partial charge in [0.15, 0.2) is 0 Å². The highest BCUT2D eigenvalue weighted by Gasteiger charge is 2.11. The van der Waals surface area contributed by atoms with E-state index in [4.69, 9.17) is 0 Å². The number of nitrogens with zero attached hydrogens (tertiary/aromatic N) is 4. The number of aryl methyl sites for hydroxylation is 2. The van der Waals surface area contributed by atoms with E-state index in [0.717, 1.165) is 27.9 Å². The van der Waals surface area contributed by atoms with Crippen LogP contribution < -0.4 is 0 Å². The quantitative estimate of drug-likeness (QED) is 0.668. The van der Waals surface area contributed by atoms with E-state index in [-0.39, 0.29) is 0 Å². The molecular weight excluding hydrogens is 202 g/mol. The molecule has 3 aromatic rings. The van der Waals surface area contributed by atoms with Crippen molar-refractivity contribution in [3.63, 3.8) is 0 Å². The highest BCUT2D eigenvalue weighted by molar-refractivity contribution is 5.93. The molecule has 0 saturated carbocycles. The molecular formula is C11H11N5. The molecule has 0 fully saturated rings. The van der Waals surface area contributed by atoms with Crippen LogP contribution in [0.3, 0.4) is 0 Å². The third-order valence-electron chi connectivity index (χ3n) is 2.64. The van der Waals surface area contributed by atoms with Crippen LogP contribution in [0.25, 0.3) is 22.2 Å². The number of rotatable bonds is 1. The first-order valence-corrected chi connectivity index (χ1v) is 5.04. The molecule has 0 unspecified atom stereocenters.